The summed E-state index contributed by atoms with van der Waals surface area (Å²) < 4.78 is 0. The average molecular weight is 388 g/mol. The van der Waals surface area contributed by atoms with E-state index in [1.165, 1.54) is 18.4 Å². The summed E-state index contributed by atoms with van der Waals surface area (Å²) in [5, 5.41) is 12.2. The van der Waals surface area contributed by atoms with Crippen molar-refractivity contribution < 1.29 is 14.7 Å². The van der Waals surface area contributed by atoms with Crippen LogP contribution in [0.2, 0.25) is 0 Å². The van der Waals surface area contributed by atoms with Crippen molar-refractivity contribution in [2.24, 2.45) is 0 Å². The maximum Gasteiger partial charge on any atom is 0.317 e. The first-order chi connectivity index (χ1) is 13.5. The Labute approximate surface area is 167 Å². The van der Waals surface area contributed by atoms with Gasteiger partial charge in [-0.3, -0.25) is 9.69 Å². The maximum atomic E-state index is 12.8. The molecule has 0 bridgehead atoms. The van der Waals surface area contributed by atoms with Crippen LogP contribution in [0.4, 0.5) is 4.79 Å². The second kappa shape index (κ2) is 9.41. The molecule has 1 aliphatic carbocycles. The van der Waals surface area contributed by atoms with E-state index in [9.17, 15) is 9.59 Å². The van der Waals surface area contributed by atoms with Crippen LogP contribution in [0.5, 0.6) is 0 Å². The van der Waals surface area contributed by atoms with Gasteiger partial charge < -0.3 is 15.3 Å². The van der Waals surface area contributed by atoms with Crippen molar-refractivity contribution in [1.29, 1.82) is 0 Å². The van der Waals surface area contributed by atoms with Crippen molar-refractivity contribution in [3.63, 3.8) is 0 Å². The zero-order valence-electron chi connectivity index (χ0n) is 16.9. The van der Waals surface area contributed by atoms with E-state index < -0.39 is 5.97 Å². The molecule has 1 aromatic rings. The van der Waals surface area contributed by atoms with Crippen molar-refractivity contribution >= 4 is 12.0 Å². The Bertz CT molecular complexity index is 658. The number of hydrogen-bond donors (Lipinski definition) is 2. The average Bonchev–Trinajstić information content (AvgIpc) is 3.03. The summed E-state index contributed by atoms with van der Waals surface area (Å²) in [7, 11) is 1.86. The Kier molecular flexibility index (Phi) is 6.94. The third-order valence-corrected chi connectivity index (χ3v) is 6.52. The fourth-order valence-corrected chi connectivity index (χ4v) is 4.83. The highest BCUT2D eigenvalue weighted by atomic mass is 16.4. The number of rotatable bonds is 6. The summed E-state index contributed by atoms with van der Waals surface area (Å²) in [6.45, 7) is 2.16. The molecule has 0 spiro atoms. The van der Waals surface area contributed by atoms with Crippen LogP contribution >= 0.6 is 0 Å². The number of nitrogens with one attached hydrogen (secondary N) is 1. The van der Waals surface area contributed by atoms with Gasteiger partial charge >= 0.3 is 12.0 Å². The Morgan fingerprint density at radius 1 is 1.14 bits per heavy atom. The van der Waals surface area contributed by atoms with E-state index in [-0.39, 0.29) is 24.0 Å². The molecule has 1 heterocycles. The number of nitrogens with zero attached hydrogens (tertiary/aromatic N) is 2. The lowest BCUT2D eigenvalue weighted by molar-refractivity contribution is -0.138. The van der Waals surface area contributed by atoms with Crippen molar-refractivity contribution in [2.45, 2.75) is 56.4 Å². The van der Waals surface area contributed by atoms with Crippen LogP contribution in [0.15, 0.2) is 30.3 Å². The van der Waals surface area contributed by atoms with E-state index in [1.54, 1.807) is 0 Å². The third-order valence-electron chi connectivity index (χ3n) is 6.52. The summed E-state index contributed by atoms with van der Waals surface area (Å²) in [6.07, 6.45) is 7.34. The molecule has 6 nitrogen and oxygen atoms in total. The van der Waals surface area contributed by atoms with Gasteiger partial charge in [-0.2, -0.15) is 0 Å². The molecular formula is C22H33N3O3. The molecule has 2 N–H and O–H groups in total. The lowest BCUT2D eigenvalue weighted by Crippen LogP contribution is -2.46. The number of carbonyl (C=O) groups is 2. The van der Waals surface area contributed by atoms with Crippen molar-refractivity contribution in [3.05, 3.63) is 35.9 Å². The number of carbonyl (C=O) groups excluding carboxylic acids is 1. The number of likely N-dealkylation sites (tertiary alicyclic amines) is 1. The molecule has 0 aromatic heterocycles. The lowest BCUT2D eigenvalue weighted by Gasteiger charge is -2.31. The highest BCUT2D eigenvalue weighted by Gasteiger charge is 2.36. The molecule has 1 atom stereocenters. The van der Waals surface area contributed by atoms with E-state index in [4.69, 9.17) is 5.11 Å². The fourth-order valence-electron chi connectivity index (χ4n) is 4.83. The van der Waals surface area contributed by atoms with Gasteiger partial charge in [0, 0.05) is 31.1 Å². The van der Waals surface area contributed by atoms with Gasteiger partial charge in [-0.05, 0) is 44.7 Å². The minimum absolute atomic E-state index is 0.0174. The molecule has 1 aromatic carbocycles. The number of benzene rings is 1. The molecule has 2 aliphatic rings. The SMILES string of the molecule is CN(CC(=O)O)C1CCCN(C(=O)NCC2(c3ccccc3)CCCC2)CC1. The zero-order valence-corrected chi connectivity index (χ0v) is 16.9. The number of aliphatic carboxylic acids is 1. The molecule has 28 heavy (non-hydrogen) atoms. The van der Waals surface area contributed by atoms with Gasteiger partial charge in [-0.1, -0.05) is 43.2 Å². The van der Waals surface area contributed by atoms with Crippen LogP contribution in [-0.2, 0) is 10.2 Å². The predicted octanol–water partition coefficient (Wildman–Crippen LogP) is 3.08. The van der Waals surface area contributed by atoms with Crippen molar-refractivity contribution in [1.82, 2.24) is 15.1 Å². The standard InChI is InChI=1S/C22H33N3O3/c1-24(16-20(26)27)19-10-7-14-25(15-11-19)21(28)23-17-22(12-5-6-13-22)18-8-3-2-4-9-18/h2-4,8-9,19H,5-7,10-17H2,1H3,(H,23,28)(H,26,27). The van der Waals surface area contributed by atoms with Crippen LogP contribution in [0.3, 0.4) is 0 Å². The normalized spacial score (nSPS) is 22.1. The van der Waals surface area contributed by atoms with Gasteiger partial charge in [0.15, 0.2) is 0 Å². The van der Waals surface area contributed by atoms with Crippen molar-refractivity contribution in [3.8, 4) is 0 Å². The molecular weight excluding hydrogens is 354 g/mol. The van der Waals surface area contributed by atoms with Gasteiger partial charge in [-0.15, -0.1) is 0 Å². The number of carboxylic acid groups (broad SMARTS) is 1. The topological polar surface area (TPSA) is 72.9 Å². The molecule has 154 valence electrons. The monoisotopic (exact) mass is 387 g/mol. The lowest BCUT2D eigenvalue weighted by atomic mass is 9.79. The molecule has 1 saturated carbocycles. The summed E-state index contributed by atoms with van der Waals surface area (Å²) >= 11 is 0. The number of likely N-dealkylation sites (N-methyl/N-ethyl adjacent to an activating group) is 1. The van der Waals surface area contributed by atoms with Crippen LogP contribution in [-0.4, -0.2) is 66.2 Å². The Morgan fingerprint density at radius 2 is 1.86 bits per heavy atom. The van der Waals surface area contributed by atoms with Crippen LogP contribution in [0, 0.1) is 0 Å². The predicted molar refractivity (Wildman–Crippen MR) is 109 cm³/mol. The fraction of sp³-hybridized carbons (Fsp3) is 0.636. The highest BCUT2D eigenvalue weighted by Crippen LogP contribution is 2.40. The molecule has 0 radical (unpaired) electrons. The Morgan fingerprint density at radius 3 is 2.54 bits per heavy atom. The number of urea groups is 1. The first-order valence-corrected chi connectivity index (χ1v) is 10.5. The zero-order chi connectivity index (χ0) is 20.0. The second-order valence-corrected chi connectivity index (χ2v) is 8.39. The highest BCUT2D eigenvalue weighted by molar-refractivity contribution is 5.74. The molecule has 1 saturated heterocycles. The summed E-state index contributed by atoms with van der Waals surface area (Å²) in [4.78, 5) is 27.6. The van der Waals surface area contributed by atoms with Gasteiger partial charge in [0.2, 0.25) is 0 Å². The minimum atomic E-state index is -0.802. The van der Waals surface area contributed by atoms with E-state index in [0.29, 0.717) is 13.1 Å². The third kappa shape index (κ3) is 5.04. The molecule has 2 fully saturated rings. The van der Waals surface area contributed by atoms with Crippen LogP contribution < -0.4 is 5.32 Å². The summed E-state index contributed by atoms with van der Waals surface area (Å²) in [5.41, 5.74) is 1.39. The van der Waals surface area contributed by atoms with Crippen molar-refractivity contribution in [2.75, 3.05) is 33.2 Å². The van der Waals surface area contributed by atoms with E-state index in [0.717, 1.165) is 38.6 Å². The Hall–Kier alpha value is -2.08. The van der Waals surface area contributed by atoms with E-state index >= 15 is 0 Å². The van der Waals surface area contributed by atoms with Gasteiger partial charge in [0.25, 0.3) is 0 Å². The quantitative estimate of drug-likeness (QED) is 0.787. The second-order valence-electron chi connectivity index (χ2n) is 8.39. The first kappa shape index (κ1) is 20.6. The van der Waals surface area contributed by atoms with E-state index in [1.807, 2.05) is 22.9 Å². The largest absolute Gasteiger partial charge is 0.480 e. The molecule has 3 rings (SSSR count). The van der Waals surface area contributed by atoms with Gasteiger partial charge in [0.1, 0.15) is 0 Å². The minimum Gasteiger partial charge on any atom is -0.480 e. The summed E-state index contributed by atoms with van der Waals surface area (Å²) in [6, 6.07) is 10.8. The van der Waals surface area contributed by atoms with E-state index in [2.05, 4.69) is 29.6 Å². The van der Waals surface area contributed by atoms with Crippen LogP contribution in [0.1, 0.15) is 50.5 Å². The number of amides is 2. The van der Waals surface area contributed by atoms with Gasteiger partial charge in [-0.25, -0.2) is 4.79 Å². The molecule has 6 heteroatoms. The maximum absolute atomic E-state index is 12.8. The van der Waals surface area contributed by atoms with Crippen LogP contribution in [0.25, 0.3) is 0 Å². The molecule has 2 amide bonds. The van der Waals surface area contributed by atoms with Gasteiger partial charge in [0.05, 0.1) is 6.54 Å². The number of carboxylic acids is 1. The molecule has 1 aliphatic heterocycles. The summed E-state index contributed by atoms with van der Waals surface area (Å²) in [5.74, 6) is -0.802. The smallest absolute Gasteiger partial charge is 0.317 e. The first-order valence-electron chi connectivity index (χ1n) is 10.5. The molecule has 1 unspecified atom stereocenters. The Balaban J connectivity index is 1.55. The number of hydrogen-bond acceptors (Lipinski definition) is 3.